The summed E-state index contributed by atoms with van der Waals surface area (Å²) in [6, 6.07) is 7.05. The quantitative estimate of drug-likeness (QED) is 0.793. The number of hydrogen-bond donors (Lipinski definition) is 2. The molecule has 0 amide bonds. The molecule has 5 nitrogen and oxygen atoms in total. The molecule has 1 aliphatic rings. The second-order valence-corrected chi connectivity index (χ2v) is 7.84. The number of rotatable bonds is 7. The number of nitrogens with one attached hydrogen (secondary N) is 2. The van der Waals surface area contributed by atoms with Crippen LogP contribution in [-0.2, 0) is 10.0 Å². The van der Waals surface area contributed by atoms with E-state index in [0.29, 0.717) is 17.1 Å². The molecule has 0 unspecified atom stereocenters. The minimum absolute atomic E-state index is 0.320. The molecule has 0 aromatic heterocycles. The Morgan fingerprint density at radius 2 is 1.95 bits per heavy atom. The predicted octanol–water partition coefficient (Wildman–Crippen LogP) is 1.45. The highest BCUT2D eigenvalue weighted by atomic mass is 32.2. The van der Waals surface area contributed by atoms with E-state index in [9.17, 15) is 8.42 Å². The second kappa shape index (κ2) is 8.03. The van der Waals surface area contributed by atoms with Crippen LogP contribution in [0.3, 0.4) is 0 Å². The van der Waals surface area contributed by atoms with Crippen LogP contribution in [0.1, 0.15) is 6.92 Å². The first-order valence-electron chi connectivity index (χ1n) is 7.26. The summed E-state index contributed by atoms with van der Waals surface area (Å²) in [7, 11) is -3.43. The smallest absolute Gasteiger partial charge is 0.242 e. The first-order chi connectivity index (χ1) is 10.1. The molecule has 0 saturated carbocycles. The summed E-state index contributed by atoms with van der Waals surface area (Å²) in [6.07, 6.45) is 0. The van der Waals surface area contributed by atoms with Crippen LogP contribution in [-0.4, -0.2) is 57.5 Å². The Morgan fingerprint density at radius 3 is 2.67 bits per heavy atom. The maximum Gasteiger partial charge on any atom is 0.242 e. The zero-order chi connectivity index (χ0) is 15.1. The highest BCUT2D eigenvalue weighted by Crippen LogP contribution is 2.20. The van der Waals surface area contributed by atoms with Gasteiger partial charge in [0.05, 0.1) is 5.69 Å². The average molecular weight is 329 g/mol. The Balaban J connectivity index is 1.96. The molecule has 0 radical (unpaired) electrons. The van der Waals surface area contributed by atoms with E-state index < -0.39 is 10.0 Å². The molecule has 1 fully saturated rings. The van der Waals surface area contributed by atoms with E-state index in [1.165, 1.54) is 11.5 Å². The lowest BCUT2D eigenvalue weighted by Gasteiger charge is -2.26. The molecule has 0 bridgehead atoms. The van der Waals surface area contributed by atoms with Crippen molar-refractivity contribution in [3.8, 4) is 0 Å². The van der Waals surface area contributed by atoms with Crippen LogP contribution < -0.4 is 10.0 Å². The van der Waals surface area contributed by atoms with Crippen LogP contribution in [0.2, 0.25) is 0 Å². The number of hydrogen-bond acceptors (Lipinski definition) is 5. The first-order valence-corrected chi connectivity index (χ1v) is 9.90. The van der Waals surface area contributed by atoms with Crippen molar-refractivity contribution >= 4 is 27.5 Å². The minimum Gasteiger partial charge on any atom is -0.383 e. The number of thioether (sulfide) groups is 1. The lowest BCUT2D eigenvalue weighted by atomic mass is 10.3. The van der Waals surface area contributed by atoms with E-state index in [1.807, 2.05) is 23.9 Å². The molecule has 0 aliphatic carbocycles. The molecule has 21 heavy (non-hydrogen) atoms. The van der Waals surface area contributed by atoms with Gasteiger partial charge in [-0.15, -0.1) is 0 Å². The van der Waals surface area contributed by atoms with Gasteiger partial charge in [0, 0.05) is 44.2 Å². The zero-order valence-electron chi connectivity index (χ0n) is 12.3. The fourth-order valence-electron chi connectivity index (χ4n) is 2.29. The van der Waals surface area contributed by atoms with Gasteiger partial charge in [-0.1, -0.05) is 19.1 Å². The Labute approximate surface area is 131 Å². The summed E-state index contributed by atoms with van der Waals surface area (Å²) in [4.78, 5) is 2.73. The number of nitrogens with zero attached hydrogens (tertiary/aromatic N) is 1. The summed E-state index contributed by atoms with van der Waals surface area (Å²) >= 11 is 1.99. The molecule has 0 atom stereocenters. The van der Waals surface area contributed by atoms with Gasteiger partial charge in [-0.2, -0.15) is 11.8 Å². The number of benzene rings is 1. The van der Waals surface area contributed by atoms with Crippen molar-refractivity contribution in [2.45, 2.75) is 11.8 Å². The minimum atomic E-state index is -3.43. The second-order valence-electron chi connectivity index (χ2n) is 4.88. The lowest BCUT2D eigenvalue weighted by Crippen LogP contribution is -2.36. The van der Waals surface area contributed by atoms with Crippen molar-refractivity contribution in [1.82, 2.24) is 9.62 Å². The molecule has 2 N–H and O–H groups in total. The van der Waals surface area contributed by atoms with E-state index in [-0.39, 0.29) is 0 Å². The van der Waals surface area contributed by atoms with Gasteiger partial charge in [-0.25, -0.2) is 13.1 Å². The highest BCUT2D eigenvalue weighted by molar-refractivity contribution is 7.99. The van der Waals surface area contributed by atoms with Crippen molar-refractivity contribution in [2.75, 3.05) is 49.5 Å². The van der Waals surface area contributed by atoms with Crippen molar-refractivity contribution in [3.05, 3.63) is 24.3 Å². The summed E-state index contributed by atoms with van der Waals surface area (Å²) in [5.41, 5.74) is 0.671. The number of sulfonamides is 1. The van der Waals surface area contributed by atoms with Crippen molar-refractivity contribution in [2.24, 2.45) is 0 Å². The van der Waals surface area contributed by atoms with Crippen LogP contribution in [0.5, 0.6) is 0 Å². The van der Waals surface area contributed by atoms with Gasteiger partial charge < -0.3 is 5.32 Å². The normalized spacial score (nSPS) is 16.8. The molecular weight excluding hydrogens is 306 g/mol. The number of para-hydroxylation sites is 1. The predicted molar refractivity (Wildman–Crippen MR) is 89.6 cm³/mol. The van der Waals surface area contributed by atoms with E-state index in [1.54, 1.807) is 19.1 Å². The fraction of sp³-hybridized carbons (Fsp3) is 0.571. The number of anilines is 1. The molecule has 1 aromatic carbocycles. The van der Waals surface area contributed by atoms with Crippen molar-refractivity contribution < 1.29 is 8.42 Å². The van der Waals surface area contributed by atoms with Gasteiger partial charge in [0.15, 0.2) is 0 Å². The summed E-state index contributed by atoms with van der Waals surface area (Å²) in [6.45, 7) is 6.09. The summed E-state index contributed by atoms with van der Waals surface area (Å²) < 4.78 is 26.8. The van der Waals surface area contributed by atoms with Crippen LogP contribution >= 0.6 is 11.8 Å². The largest absolute Gasteiger partial charge is 0.383 e. The van der Waals surface area contributed by atoms with Gasteiger partial charge in [0.25, 0.3) is 0 Å². The van der Waals surface area contributed by atoms with Crippen LogP contribution in [0.25, 0.3) is 0 Å². The molecule has 1 aliphatic heterocycles. The third kappa shape index (κ3) is 4.88. The Kier molecular flexibility index (Phi) is 6.35. The maximum atomic E-state index is 12.2. The lowest BCUT2D eigenvalue weighted by molar-refractivity contribution is 0.314. The van der Waals surface area contributed by atoms with Gasteiger partial charge >= 0.3 is 0 Å². The van der Waals surface area contributed by atoms with Gasteiger partial charge in [-0.05, 0) is 12.1 Å². The summed E-state index contributed by atoms with van der Waals surface area (Å²) in [5.74, 6) is 2.37. The molecule has 7 heteroatoms. The Bertz CT molecular complexity index is 543. The van der Waals surface area contributed by atoms with E-state index in [0.717, 1.165) is 26.2 Å². The van der Waals surface area contributed by atoms with Crippen LogP contribution in [0, 0.1) is 0 Å². The van der Waals surface area contributed by atoms with Gasteiger partial charge in [0.1, 0.15) is 4.90 Å². The molecule has 1 aromatic rings. The van der Waals surface area contributed by atoms with E-state index in [4.69, 9.17) is 0 Å². The third-order valence-electron chi connectivity index (χ3n) is 3.36. The monoisotopic (exact) mass is 329 g/mol. The Hall–Kier alpha value is -0.760. The van der Waals surface area contributed by atoms with Crippen molar-refractivity contribution in [1.29, 1.82) is 0 Å². The van der Waals surface area contributed by atoms with E-state index >= 15 is 0 Å². The summed E-state index contributed by atoms with van der Waals surface area (Å²) in [5, 5.41) is 3.26. The van der Waals surface area contributed by atoms with Gasteiger partial charge in [-0.3, -0.25) is 4.90 Å². The Morgan fingerprint density at radius 1 is 1.24 bits per heavy atom. The van der Waals surface area contributed by atoms with Crippen LogP contribution in [0.15, 0.2) is 29.2 Å². The molecule has 0 spiro atoms. The molecule has 1 heterocycles. The standard InChI is InChI=1S/C14H23N3O2S2/c1-2-16-21(18,19)14-6-4-3-5-13(14)15-7-8-17-9-11-20-12-10-17/h3-6,15-16H,2,7-12H2,1H3. The van der Waals surface area contributed by atoms with Crippen molar-refractivity contribution in [3.63, 3.8) is 0 Å². The van der Waals surface area contributed by atoms with Gasteiger partial charge in [0.2, 0.25) is 10.0 Å². The molecular formula is C14H23N3O2S2. The third-order valence-corrected chi connectivity index (χ3v) is 5.90. The van der Waals surface area contributed by atoms with Crippen LogP contribution in [0.4, 0.5) is 5.69 Å². The topological polar surface area (TPSA) is 61.4 Å². The molecule has 118 valence electrons. The zero-order valence-corrected chi connectivity index (χ0v) is 14.0. The van der Waals surface area contributed by atoms with E-state index in [2.05, 4.69) is 14.9 Å². The maximum absolute atomic E-state index is 12.2. The average Bonchev–Trinajstić information content (AvgIpc) is 2.49. The fourth-order valence-corrected chi connectivity index (χ4v) is 4.49. The molecule has 2 rings (SSSR count). The first kappa shape index (κ1) is 16.6. The SMILES string of the molecule is CCNS(=O)(=O)c1ccccc1NCCN1CCSCC1. The molecule has 1 saturated heterocycles. The highest BCUT2D eigenvalue weighted by Gasteiger charge is 2.17.